The van der Waals surface area contributed by atoms with Crippen molar-refractivity contribution in [2.75, 3.05) is 31.1 Å². The molecule has 3 aliphatic carbocycles. The number of alkyl halides is 3. The summed E-state index contributed by atoms with van der Waals surface area (Å²) in [5.41, 5.74) is -0.925. The SMILES string of the molecule is O=C(C1[C@@H]2[C@H]3CC[C@H](C3)[C@H]12)N1CCCN(c2nccc(C(F)(F)F)n2)CC1. The monoisotopic (exact) mass is 380 g/mol. The normalized spacial score (nSPS) is 35.1. The standard InChI is InChI=1S/C19H23F3N4O/c20-19(21,22)13-4-5-23-18(24-13)26-7-1-6-25(8-9-26)17(27)16-14-11-2-3-12(10-11)15(14)16/h4-5,11-12,14-16H,1-3,6-10H2/t11-,12+,14+,15-,16?. The van der Waals surface area contributed by atoms with Crippen LogP contribution in [0.1, 0.15) is 31.4 Å². The summed E-state index contributed by atoms with van der Waals surface area (Å²) in [5, 5.41) is 0. The van der Waals surface area contributed by atoms with Crippen molar-refractivity contribution in [1.29, 1.82) is 0 Å². The first-order valence-electron chi connectivity index (χ1n) is 9.87. The summed E-state index contributed by atoms with van der Waals surface area (Å²) >= 11 is 0. The topological polar surface area (TPSA) is 49.3 Å². The molecular formula is C19H23F3N4O. The van der Waals surface area contributed by atoms with Crippen molar-refractivity contribution in [2.24, 2.45) is 29.6 Å². The maximum Gasteiger partial charge on any atom is 0.433 e. The van der Waals surface area contributed by atoms with Gasteiger partial charge in [-0.1, -0.05) is 0 Å². The van der Waals surface area contributed by atoms with Crippen LogP contribution in [0.15, 0.2) is 12.3 Å². The molecule has 5 nitrogen and oxygen atoms in total. The van der Waals surface area contributed by atoms with E-state index in [4.69, 9.17) is 0 Å². The molecule has 27 heavy (non-hydrogen) atoms. The lowest BCUT2D eigenvalue weighted by atomic mass is 10.0. The first-order valence-corrected chi connectivity index (χ1v) is 9.87. The van der Waals surface area contributed by atoms with E-state index < -0.39 is 11.9 Å². The highest BCUT2D eigenvalue weighted by Gasteiger charge is 2.67. The number of fused-ring (bicyclic) bond motifs is 5. The Morgan fingerprint density at radius 2 is 1.81 bits per heavy atom. The van der Waals surface area contributed by atoms with E-state index in [0.717, 1.165) is 30.5 Å². The third-order valence-electron chi connectivity index (χ3n) is 7.04. The van der Waals surface area contributed by atoms with Crippen LogP contribution in [-0.4, -0.2) is 47.0 Å². The number of carbonyl (C=O) groups is 1. The second-order valence-corrected chi connectivity index (χ2v) is 8.42. The van der Waals surface area contributed by atoms with Crippen LogP contribution >= 0.6 is 0 Å². The van der Waals surface area contributed by atoms with Crippen molar-refractivity contribution in [3.05, 3.63) is 18.0 Å². The highest BCUT2D eigenvalue weighted by Crippen LogP contribution is 2.69. The van der Waals surface area contributed by atoms with Crippen LogP contribution in [0.2, 0.25) is 0 Å². The van der Waals surface area contributed by atoms with Crippen molar-refractivity contribution in [3.8, 4) is 0 Å². The number of amides is 1. The predicted molar refractivity (Wildman–Crippen MR) is 91.7 cm³/mol. The fourth-order valence-corrected chi connectivity index (χ4v) is 5.86. The fourth-order valence-electron chi connectivity index (χ4n) is 5.86. The van der Waals surface area contributed by atoms with Crippen molar-refractivity contribution in [3.63, 3.8) is 0 Å². The van der Waals surface area contributed by atoms with Gasteiger partial charge in [0, 0.05) is 38.3 Å². The summed E-state index contributed by atoms with van der Waals surface area (Å²) in [6, 6.07) is 0.886. The van der Waals surface area contributed by atoms with E-state index in [2.05, 4.69) is 9.97 Å². The minimum absolute atomic E-state index is 0.0976. The van der Waals surface area contributed by atoms with Crippen LogP contribution < -0.4 is 4.90 Å². The Kier molecular flexibility index (Phi) is 3.88. The molecular weight excluding hydrogens is 357 g/mol. The lowest BCUT2D eigenvalue weighted by Gasteiger charge is -2.23. The quantitative estimate of drug-likeness (QED) is 0.792. The lowest BCUT2D eigenvalue weighted by Crippen LogP contribution is -2.37. The first kappa shape index (κ1) is 17.3. The zero-order chi connectivity index (χ0) is 18.8. The number of nitrogens with zero attached hydrogens (tertiary/aromatic N) is 4. The average Bonchev–Trinajstić information content (AvgIpc) is 3.21. The van der Waals surface area contributed by atoms with Crippen LogP contribution in [0, 0.1) is 29.6 Å². The van der Waals surface area contributed by atoms with Gasteiger partial charge < -0.3 is 9.80 Å². The second kappa shape index (κ2) is 6.07. The average molecular weight is 380 g/mol. The highest BCUT2D eigenvalue weighted by atomic mass is 19.4. The molecule has 8 heteroatoms. The third kappa shape index (κ3) is 2.88. The minimum Gasteiger partial charge on any atom is -0.341 e. The van der Waals surface area contributed by atoms with Crippen molar-refractivity contribution in [2.45, 2.75) is 31.9 Å². The maximum absolute atomic E-state index is 13.0. The minimum atomic E-state index is -4.48. The molecule has 0 N–H and O–H groups in total. The van der Waals surface area contributed by atoms with E-state index in [9.17, 15) is 18.0 Å². The first-order chi connectivity index (χ1) is 12.9. The molecule has 1 amide bonds. The summed E-state index contributed by atoms with van der Waals surface area (Å²) in [7, 11) is 0. The summed E-state index contributed by atoms with van der Waals surface area (Å²) in [6.45, 7) is 2.24. The second-order valence-electron chi connectivity index (χ2n) is 8.42. The van der Waals surface area contributed by atoms with Gasteiger partial charge in [0.1, 0.15) is 5.69 Å². The van der Waals surface area contributed by atoms with Crippen molar-refractivity contribution >= 4 is 11.9 Å². The molecule has 0 aromatic carbocycles. The number of halogens is 3. The van der Waals surface area contributed by atoms with Crippen LogP contribution in [0.5, 0.6) is 0 Å². The van der Waals surface area contributed by atoms with Crippen LogP contribution in [0.25, 0.3) is 0 Å². The molecule has 5 atom stereocenters. The molecule has 4 aliphatic rings. The van der Waals surface area contributed by atoms with E-state index in [0.29, 0.717) is 38.0 Å². The van der Waals surface area contributed by atoms with Gasteiger partial charge in [0.25, 0.3) is 0 Å². The van der Waals surface area contributed by atoms with E-state index in [1.165, 1.54) is 19.3 Å². The summed E-state index contributed by atoms with van der Waals surface area (Å²) in [5.74, 6) is 3.33. The summed E-state index contributed by atoms with van der Waals surface area (Å²) < 4.78 is 38.7. The number of hydrogen-bond donors (Lipinski definition) is 0. The third-order valence-corrected chi connectivity index (χ3v) is 7.04. The molecule has 1 aliphatic heterocycles. The molecule has 1 aromatic heterocycles. The molecule has 4 fully saturated rings. The van der Waals surface area contributed by atoms with E-state index in [1.807, 2.05) is 4.90 Å². The van der Waals surface area contributed by atoms with Gasteiger partial charge in [0.2, 0.25) is 11.9 Å². The summed E-state index contributed by atoms with van der Waals surface area (Å²) in [6.07, 6.45) is 1.29. The number of carbonyl (C=O) groups excluding carboxylic acids is 1. The number of rotatable bonds is 2. The molecule has 2 bridgehead atoms. The zero-order valence-corrected chi connectivity index (χ0v) is 15.0. The van der Waals surface area contributed by atoms with Crippen LogP contribution in [0.3, 0.4) is 0 Å². The van der Waals surface area contributed by atoms with Gasteiger partial charge in [-0.25, -0.2) is 9.97 Å². The Hall–Kier alpha value is -1.86. The Bertz CT molecular complexity index is 739. The molecule has 1 unspecified atom stereocenters. The van der Waals surface area contributed by atoms with Crippen LogP contribution in [0.4, 0.5) is 19.1 Å². The van der Waals surface area contributed by atoms with Gasteiger partial charge in [0.05, 0.1) is 0 Å². The molecule has 3 saturated carbocycles. The van der Waals surface area contributed by atoms with Gasteiger partial charge in [0.15, 0.2) is 0 Å². The largest absolute Gasteiger partial charge is 0.433 e. The fraction of sp³-hybridized carbons (Fsp3) is 0.737. The van der Waals surface area contributed by atoms with E-state index in [-0.39, 0.29) is 17.8 Å². The Balaban J connectivity index is 1.24. The zero-order valence-electron chi connectivity index (χ0n) is 15.0. The van der Waals surface area contributed by atoms with Gasteiger partial charge >= 0.3 is 6.18 Å². The lowest BCUT2D eigenvalue weighted by molar-refractivity contribution is -0.141. The smallest absolute Gasteiger partial charge is 0.341 e. The molecule has 5 rings (SSSR count). The molecule has 2 heterocycles. The molecule has 1 saturated heterocycles. The Labute approximate surface area is 155 Å². The summed E-state index contributed by atoms with van der Waals surface area (Å²) in [4.78, 5) is 24.4. The number of hydrogen-bond acceptors (Lipinski definition) is 4. The molecule has 0 spiro atoms. The Morgan fingerprint density at radius 1 is 1.07 bits per heavy atom. The number of anilines is 1. The van der Waals surface area contributed by atoms with Gasteiger partial charge in [-0.15, -0.1) is 0 Å². The van der Waals surface area contributed by atoms with Gasteiger partial charge in [-0.3, -0.25) is 4.79 Å². The maximum atomic E-state index is 13.0. The predicted octanol–water partition coefficient (Wildman–Crippen LogP) is 2.83. The van der Waals surface area contributed by atoms with Gasteiger partial charge in [-0.2, -0.15) is 13.2 Å². The Morgan fingerprint density at radius 3 is 2.52 bits per heavy atom. The molecule has 146 valence electrons. The highest BCUT2D eigenvalue weighted by molar-refractivity contribution is 5.83. The van der Waals surface area contributed by atoms with E-state index in [1.54, 1.807) is 4.90 Å². The van der Waals surface area contributed by atoms with E-state index >= 15 is 0 Å². The number of aromatic nitrogens is 2. The van der Waals surface area contributed by atoms with Gasteiger partial charge in [-0.05, 0) is 55.4 Å². The van der Waals surface area contributed by atoms with Crippen molar-refractivity contribution < 1.29 is 18.0 Å². The molecule has 1 aromatic rings. The van der Waals surface area contributed by atoms with Crippen molar-refractivity contribution in [1.82, 2.24) is 14.9 Å². The molecule has 0 radical (unpaired) electrons. The van der Waals surface area contributed by atoms with Crippen LogP contribution in [-0.2, 0) is 11.0 Å².